The van der Waals surface area contributed by atoms with Gasteiger partial charge in [-0.2, -0.15) is 4.68 Å². The van der Waals surface area contributed by atoms with Gasteiger partial charge >= 0.3 is 5.82 Å². The molecular weight excluding hydrogens is 359 g/mol. The third-order valence-electron chi connectivity index (χ3n) is 3.30. The lowest BCUT2D eigenvalue weighted by molar-refractivity contribution is -0.389. The van der Waals surface area contributed by atoms with Crippen LogP contribution in [0.2, 0.25) is 10.0 Å². The monoisotopic (exact) mass is 372 g/mol. The molecule has 0 aliphatic rings. The van der Waals surface area contributed by atoms with Crippen LogP contribution in [0.15, 0.2) is 18.2 Å². The van der Waals surface area contributed by atoms with Gasteiger partial charge in [0.05, 0.1) is 23.0 Å². The largest absolute Gasteiger partial charge is 0.506 e. The van der Waals surface area contributed by atoms with Gasteiger partial charge in [0.2, 0.25) is 5.91 Å². The Bertz CT molecular complexity index is 791. The lowest BCUT2D eigenvalue weighted by atomic mass is 10.2. The highest BCUT2D eigenvalue weighted by atomic mass is 35.5. The van der Waals surface area contributed by atoms with Gasteiger partial charge in [0.25, 0.3) is 0 Å². The van der Waals surface area contributed by atoms with Crippen LogP contribution in [0.25, 0.3) is 0 Å². The van der Waals surface area contributed by atoms with Gasteiger partial charge in [-0.1, -0.05) is 23.2 Å². The summed E-state index contributed by atoms with van der Waals surface area (Å²) in [5, 5.41) is 27.2. The van der Waals surface area contributed by atoms with E-state index in [-0.39, 0.29) is 28.8 Å². The number of amides is 1. The third kappa shape index (κ3) is 4.15. The van der Waals surface area contributed by atoms with Gasteiger partial charge in [-0.25, -0.2) is 0 Å². The Morgan fingerprint density at radius 2 is 2.17 bits per heavy atom. The number of anilines is 1. The van der Waals surface area contributed by atoms with E-state index in [1.54, 1.807) is 6.92 Å². The molecular formula is C14H14Cl2N4O4. The van der Waals surface area contributed by atoms with Crippen molar-refractivity contribution in [1.82, 2.24) is 9.78 Å². The molecule has 0 spiro atoms. The predicted octanol–water partition coefficient (Wildman–Crippen LogP) is 3.53. The second-order valence-corrected chi connectivity index (χ2v) is 5.83. The van der Waals surface area contributed by atoms with Crippen LogP contribution in [-0.2, 0) is 11.3 Å². The number of carbonyl (C=O) groups excluding carboxylic acids is 1. The first-order valence-electron chi connectivity index (χ1n) is 6.95. The van der Waals surface area contributed by atoms with E-state index in [0.29, 0.717) is 23.7 Å². The number of hydrogen-bond donors (Lipinski definition) is 2. The molecule has 10 heteroatoms. The number of carbonyl (C=O) groups is 1. The van der Waals surface area contributed by atoms with Crippen LogP contribution in [0.1, 0.15) is 18.5 Å². The Morgan fingerprint density at radius 1 is 1.46 bits per heavy atom. The molecule has 1 heterocycles. The zero-order valence-electron chi connectivity index (χ0n) is 12.6. The molecule has 0 radical (unpaired) electrons. The fraction of sp³-hybridized carbons (Fsp3) is 0.286. The number of hydrogen-bond acceptors (Lipinski definition) is 5. The number of nitrogens with one attached hydrogen (secondary N) is 1. The van der Waals surface area contributed by atoms with Crippen LogP contribution in [-0.4, -0.2) is 25.7 Å². The highest BCUT2D eigenvalue weighted by Gasteiger charge is 2.23. The first-order chi connectivity index (χ1) is 11.3. The Balaban J connectivity index is 1.92. The topological polar surface area (TPSA) is 110 Å². The standard InChI is InChI=1S/C14H14Cl2N4O4/c1-8-13(16)14(20(23)24)18-19(8)6-2-3-12(22)17-10-7-9(15)4-5-11(10)21/h4-5,7,21H,2-3,6H2,1H3,(H,17,22). The van der Waals surface area contributed by atoms with Gasteiger partial charge in [0, 0.05) is 11.4 Å². The molecule has 0 fully saturated rings. The van der Waals surface area contributed by atoms with Crippen molar-refractivity contribution in [2.24, 2.45) is 0 Å². The highest BCUT2D eigenvalue weighted by molar-refractivity contribution is 6.33. The van der Waals surface area contributed by atoms with Crippen molar-refractivity contribution in [2.75, 3.05) is 5.32 Å². The summed E-state index contributed by atoms with van der Waals surface area (Å²) in [5.74, 6) is -0.807. The van der Waals surface area contributed by atoms with Crippen molar-refractivity contribution in [3.8, 4) is 5.75 Å². The van der Waals surface area contributed by atoms with E-state index < -0.39 is 10.7 Å². The lowest BCUT2D eigenvalue weighted by Crippen LogP contribution is -2.13. The molecule has 0 aliphatic heterocycles. The minimum atomic E-state index is -0.652. The third-order valence-corrected chi connectivity index (χ3v) is 3.97. The van der Waals surface area contributed by atoms with Crippen LogP contribution in [0.5, 0.6) is 5.75 Å². The van der Waals surface area contributed by atoms with Crippen LogP contribution in [0.3, 0.4) is 0 Å². The van der Waals surface area contributed by atoms with Gasteiger partial charge in [0.1, 0.15) is 5.75 Å². The molecule has 2 rings (SSSR count). The normalized spacial score (nSPS) is 10.6. The zero-order chi connectivity index (χ0) is 17.9. The Hall–Kier alpha value is -2.32. The van der Waals surface area contributed by atoms with Gasteiger partial charge in [-0.15, -0.1) is 0 Å². The minimum Gasteiger partial charge on any atom is -0.506 e. The Labute approximate surface area is 147 Å². The Morgan fingerprint density at radius 3 is 2.79 bits per heavy atom. The highest BCUT2D eigenvalue weighted by Crippen LogP contribution is 2.27. The summed E-state index contributed by atoms with van der Waals surface area (Å²) in [5.41, 5.74) is 0.692. The van der Waals surface area contributed by atoms with Crippen LogP contribution in [0, 0.1) is 17.0 Å². The van der Waals surface area contributed by atoms with E-state index in [4.69, 9.17) is 23.2 Å². The van der Waals surface area contributed by atoms with Crippen LogP contribution in [0.4, 0.5) is 11.5 Å². The number of aromatic nitrogens is 2. The second kappa shape index (κ2) is 7.50. The van der Waals surface area contributed by atoms with E-state index >= 15 is 0 Å². The van der Waals surface area contributed by atoms with Gasteiger partial charge in [-0.05, 0) is 36.5 Å². The molecule has 0 bridgehead atoms. The first-order valence-corrected chi connectivity index (χ1v) is 7.71. The summed E-state index contributed by atoms with van der Waals surface area (Å²) in [6.45, 7) is 1.92. The van der Waals surface area contributed by atoms with E-state index in [0.717, 1.165) is 0 Å². The van der Waals surface area contributed by atoms with Gasteiger partial charge < -0.3 is 20.5 Å². The molecule has 0 saturated heterocycles. The molecule has 0 unspecified atom stereocenters. The molecule has 24 heavy (non-hydrogen) atoms. The molecule has 0 aliphatic carbocycles. The fourth-order valence-electron chi connectivity index (χ4n) is 2.05. The summed E-state index contributed by atoms with van der Waals surface area (Å²) >= 11 is 11.6. The fourth-order valence-corrected chi connectivity index (χ4v) is 2.43. The predicted molar refractivity (Wildman–Crippen MR) is 89.6 cm³/mol. The number of nitro groups is 1. The summed E-state index contributed by atoms with van der Waals surface area (Å²) in [7, 11) is 0. The van der Waals surface area contributed by atoms with Crippen molar-refractivity contribution in [2.45, 2.75) is 26.3 Å². The molecule has 2 aromatic rings. The molecule has 1 aromatic carbocycles. The number of phenols is 1. The summed E-state index contributed by atoms with van der Waals surface area (Å²) < 4.78 is 1.39. The van der Waals surface area contributed by atoms with Gasteiger partial charge in [0.15, 0.2) is 5.02 Å². The number of benzene rings is 1. The van der Waals surface area contributed by atoms with E-state index in [1.807, 2.05) is 0 Å². The average Bonchev–Trinajstić information content (AvgIpc) is 2.79. The van der Waals surface area contributed by atoms with E-state index in [2.05, 4.69) is 10.4 Å². The van der Waals surface area contributed by atoms with Gasteiger partial charge in [-0.3, -0.25) is 4.79 Å². The second-order valence-electron chi connectivity index (χ2n) is 5.02. The summed E-state index contributed by atoms with van der Waals surface area (Å²) in [6, 6.07) is 4.32. The first kappa shape index (κ1) is 18.0. The molecule has 1 aromatic heterocycles. The zero-order valence-corrected chi connectivity index (χ0v) is 14.1. The number of rotatable bonds is 6. The van der Waals surface area contributed by atoms with Crippen molar-refractivity contribution >= 4 is 40.6 Å². The summed E-state index contributed by atoms with van der Waals surface area (Å²) in [4.78, 5) is 22.0. The van der Waals surface area contributed by atoms with Crippen LogP contribution >= 0.6 is 23.2 Å². The molecule has 2 N–H and O–H groups in total. The Kier molecular flexibility index (Phi) is 5.63. The van der Waals surface area contributed by atoms with Crippen molar-refractivity contribution in [3.05, 3.63) is 44.1 Å². The smallest absolute Gasteiger partial charge is 0.408 e. The van der Waals surface area contributed by atoms with Crippen molar-refractivity contribution < 1.29 is 14.8 Å². The number of aromatic hydroxyl groups is 1. The van der Waals surface area contributed by atoms with Crippen LogP contribution < -0.4 is 5.32 Å². The number of nitrogens with zero attached hydrogens (tertiary/aromatic N) is 3. The number of halogens is 2. The summed E-state index contributed by atoms with van der Waals surface area (Å²) in [6.07, 6.45) is 0.528. The van der Waals surface area contributed by atoms with Crippen molar-refractivity contribution in [1.29, 1.82) is 0 Å². The number of aryl methyl sites for hydroxylation is 1. The van der Waals surface area contributed by atoms with Crippen molar-refractivity contribution in [3.63, 3.8) is 0 Å². The maximum Gasteiger partial charge on any atom is 0.408 e. The molecule has 0 atom stereocenters. The maximum atomic E-state index is 11.9. The molecule has 8 nitrogen and oxygen atoms in total. The molecule has 0 saturated carbocycles. The van der Waals surface area contributed by atoms with E-state index in [9.17, 15) is 20.0 Å². The lowest BCUT2D eigenvalue weighted by Gasteiger charge is -2.07. The minimum absolute atomic E-state index is 0.00620. The molecule has 1 amide bonds. The quantitative estimate of drug-likeness (QED) is 0.457. The number of phenolic OH excluding ortho intramolecular Hbond substituents is 1. The average molecular weight is 373 g/mol. The van der Waals surface area contributed by atoms with E-state index in [1.165, 1.54) is 22.9 Å². The molecule has 128 valence electrons. The maximum absolute atomic E-state index is 11.9. The SMILES string of the molecule is Cc1c(Cl)c([N+](=O)[O-])nn1CCCC(=O)Nc1cc(Cl)ccc1O.